The molecule has 1 aromatic carbocycles. The van der Waals surface area contributed by atoms with Crippen molar-refractivity contribution in [3.8, 4) is 22.1 Å². The number of thiazole rings is 1. The number of hydrogen-bond donors (Lipinski definition) is 1. The molecule has 1 atom stereocenters. The van der Waals surface area contributed by atoms with Crippen LogP contribution in [0.5, 0.6) is 11.5 Å². The molecule has 1 amide bonds. The minimum atomic E-state index is -0.935. The number of amides is 1. The standard InChI is InChI=1S/C17H18N2O5S/c1-10(17(21)22)8-19(2)16(20)12-9-25-15(18-12)11-3-4-13-14(7-11)24-6-5-23-13/h3-4,7,9-10H,5-6,8H2,1-2H3,(H,21,22). The van der Waals surface area contributed by atoms with E-state index in [1.165, 1.54) is 16.2 Å². The second-order valence-electron chi connectivity index (χ2n) is 5.82. The van der Waals surface area contributed by atoms with E-state index >= 15 is 0 Å². The third-order valence-corrected chi connectivity index (χ3v) is 4.72. The van der Waals surface area contributed by atoms with Crippen LogP contribution in [0.4, 0.5) is 0 Å². The van der Waals surface area contributed by atoms with Gasteiger partial charge in [-0.05, 0) is 18.2 Å². The number of fused-ring (bicyclic) bond motifs is 1. The molecular weight excluding hydrogens is 344 g/mol. The molecule has 0 spiro atoms. The lowest BCUT2D eigenvalue weighted by Crippen LogP contribution is -2.33. The van der Waals surface area contributed by atoms with Gasteiger partial charge in [0.2, 0.25) is 0 Å². The van der Waals surface area contributed by atoms with E-state index in [4.69, 9.17) is 14.6 Å². The summed E-state index contributed by atoms with van der Waals surface area (Å²) in [6.45, 7) is 2.73. The summed E-state index contributed by atoms with van der Waals surface area (Å²) in [5.41, 5.74) is 1.14. The average molecular weight is 362 g/mol. The molecule has 132 valence electrons. The van der Waals surface area contributed by atoms with Gasteiger partial charge >= 0.3 is 5.97 Å². The van der Waals surface area contributed by atoms with Gasteiger partial charge in [0, 0.05) is 24.5 Å². The highest BCUT2D eigenvalue weighted by atomic mass is 32.1. The fourth-order valence-electron chi connectivity index (χ4n) is 2.45. The van der Waals surface area contributed by atoms with E-state index in [0.29, 0.717) is 35.4 Å². The molecule has 25 heavy (non-hydrogen) atoms. The third kappa shape index (κ3) is 3.74. The number of rotatable bonds is 5. The summed E-state index contributed by atoms with van der Waals surface area (Å²) in [4.78, 5) is 29.1. The number of benzene rings is 1. The second-order valence-corrected chi connectivity index (χ2v) is 6.68. The number of carbonyl (C=O) groups excluding carboxylic acids is 1. The van der Waals surface area contributed by atoms with E-state index in [2.05, 4.69) is 4.98 Å². The van der Waals surface area contributed by atoms with Crippen LogP contribution in [0.2, 0.25) is 0 Å². The summed E-state index contributed by atoms with van der Waals surface area (Å²) in [6, 6.07) is 5.54. The zero-order valence-electron chi connectivity index (χ0n) is 13.9. The minimum Gasteiger partial charge on any atom is -0.486 e. The maximum atomic E-state index is 12.4. The summed E-state index contributed by atoms with van der Waals surface area (Å²) in [5.74, 6) is -0.502. The Hall–Kier alpha value is -2.61. The normalized spacial score (nSPS) is 14.0. The number of hydrogen-bond acceptors (Lipinski definition) is 6. The van der Waals surface area contributed by atoms with Crippen LogP contribution < -0.4 is 9.47 Å². The number of carboxylic acids is 1. The Morgan fingerprint density at radius 2 is 2.04 bits per heavy atom. The van der Waals surface area contributed by atoms with Crippen LogP contribution in [0.15, 0.2) is 23.6 Å². The largest absolute Gasteiger partial charge is 0.486 e. The molecule has 1 unspecified atom stereocenters. The maximum Gasteiger partial charge on any atom is 0.308 e. The van der Waals surface area contributed by atoms with E-state index in [1.807, 2.05) is 18.2 Å². The first kappa shape index (κ1) is 17.2. The summed E-state index contributed by atoms with van der Waals surface area (Å²) >= 11 is 1.35. The molecule has 0 aliphatic carbocycles. The molecule has 3 rings (SSSR count). The fraction of sp³-hybridized carbons (Fsp3) is 0.353. The number of ether oxygens (including phenoxy) is 2. The summed E-state index contributed by atoms with van der Waals surface area (Å²) in [7, 11) is 1.57. The fourth-order valence-corrected chi connectivity index (χ4v) is 3.24. The molecule has 0 fully saturated rings. The van der Waals surface area contributed by atoms with Gasteiger partial charge in [-0.1, -0.05) is 6.92 Å². The van der Waals surface area contributed by atoms with Crippen LogP contribution >= 0.6 is 11.3 Å². The van der Waals surface area contributed by atoms with Crippen molar-refractivity contribution in [3.05, 3.63) is 29.3 Å². The van der Waals surface area contributed by atoms with Gasteiger partial charge in [-0.3, -0.25) is 9.59 Å². The van der Waals surface area contributed by atoms with Gasteiger partial charge in [0.15, 0.2) is 11.5 Å². The smallest absolute Gasteiger partial charge is 0.308 e. The van der Waals surface area contributed by atoms with E-state index in [1.54, 1.807) is 19.4 Å². The van der Waals surface area contributed by atoms with Crippen LogP contribution in [-0.2, 0) is 4.79 Å². The molecule has 1 N–H and O–H groups in total. The first-order valence-corrected chi connectivity index (χ1v) is 8.67. The van der Waals surface area contributed by atoms with Gasteiger partial charge in [-0.15, -0.1) is 11.3 Å². The Labute approximate surface area is 148 Å². The SMILES string of the molecule is CC(CN(C)C(=O)c1csc(-c2ccc3c(c2)OCCO3)n1)C(=O)O. The lowest BCUT2D eigenvalue weighted by molar-refractivity contribution is -0.141. The number of carbonyl (C=O) groups is 2. The molecule has 7 nitrogen and oxygen atoms in total. The van der Waals surface area contributed by atoms with Crippen molar-refractivity contribution in [3.63, 3.8) is 0 Å². The van der Waals surface area contributed by atoms with Crippen molar-refractivity contribution in [2.24, 2.45) is 5.92 Å². The lowest BCUT2D eigenvalue weighted by Gasteiger charge is -2.18. The highest BCUT2D eigenvalue weighted by Gasteiger charge is 2.21. The quantitative estimate of drug-likeness (QED) is 0.878. The maximum absolute atomic E-state index is 12.4. The van der Waals surface area contributed by atoms with Crippen molar-refractivity contribution in [1.82, 2.24) is 9.88 Å². The predicted molar refractivity (Wildman–Crippen MR) is 92.3 cm³/mol. The van der Waals surface area contributed by atoms with Crippen LogP contribution in [0, 0.1) is 5.92 Å². The first-order valence-electron chi connectivity index (χ1n) is 7.79. The summed E-state index contributed by atoms with van der Waals surface area (Å²) in [5, 5.41) is 11.3. The third-order valence-electron chi connectivity index (χ3n) is 3.83. The minimum absolute atomic E-state index is 0.130. The first-order chi connectivity index (χ1) is 12.0. The molecule has 8 heteroatoms. The van der Waals surface area contributed by atoms with Crippen molar-refractivity contribution in [2.45, 2.75) is 6.92 Å². The van der Waals surface area contributed by atoms with E-state index in [-0.39, 0.29) is 12.5 Å². The number of aliphatic carboxylic acids is 1. The molecule has 0 saturated carbocycles. The highest BCUT2D eigenvalue weighted by molar-refractivity contribution is 7.13. The molecule has 2 heterocycles. The molecule has 1 aliphatic heterocycles. The van der Waals surface area contributed by atoms with Crippen molar-refractivity contribution in [1.29, 1.82) is 0 Å². The van der Waals surface area contributed by atoms with Crippen molar-refractivity contribution >= 4 is 23.2 Å². The molecule has 1 aliphatic rings. The van der Waals surface area contributed by atoms with Crippen molar-refractivity contribution in [2.75, 3.05) is 26.8 Å². The monoisotopic (exact) mass is 362 g/mol. The van der Waals surface area contributed by atoms with Gasteiger partial charge in [-0.2, -0.15) is 0 Å². The van der Waals surface area contributed by atoms with Crippen LogP contribution in [0.25, 0.3) is 10.6 Å². The average Bonchev–Trinajstić information content (AvgIpc) is 3.10. The number of carboxylic acid groups (broad SMARTS) is 1. The lowest BCUT2D eigenvalue weighted by atomic mass is 10.1. The Morgan fingerprint density at radius 1 is 1.32 bits per heavy atom. The Balaban J connectivity index is 1.76. The predicted octanol–water partition coefficient (Wildman–Crippen LogP) is 2.37. The van der Waals surface area contributed by atoms with Gasteiger partial charge in [0.25, 0.3) is 5.91 Å². The molecule has 0 radical (unpaired) electrons. The highest BCUT2D eigenvalue weighted by Crippen LogP contribution is 2.35. The van der Waals surface area contributed by atoms with Gasteiger partial charge in [0.1, 0.15) is 23.9 Å². The summed E-state index contributed by atoms with van der Waals surface area (Å²) < 4.78 is 11.1. The Bertz CT molecular complexity index is 804. The van der Waals surface area contributed by atoms with E-state index < -0.39 is 11.9 Å². The Kier molecular flexibility index (Phi) is 4.89. The van der Waals surface area contributed by atoms with E-state index in [0.717, 1.165) is 5.56 Å². The van der Waals surface area contributed by atoms with E-state index in [9.17, 15) is 9.59 Å². The zero-order chi connectivity index (χ0) is 18.0. The molecule has 1 aromatic heterocycles. The number of aromatic nitrogens is 1. The van der Waals surface area contributed by atoms with Gasteiger partial charge in [0.05, 0.1) is 5.92 Å². The van der Waals surface area contributed by atoms with Crippen LogP contribution in [0.1, 0.15) is 17.4 Å². The van der Waals surface area contributed by atoms with Gasteiger partial charge < -0.3 is 19.5 Å². The zero-order valence-corrected chi connectivity index (χ0v) is 14.7. The summed E-state index contributed by atoms with van der Waals surface area (Å²) in [6.07, 6.45) is 0. The Morgan fingerprint density at radius 3 is 2.76 bits per heavy atom. The van der Waals surface area contributed by atoms with Gasteiger partial charge in [-0.25, -0.2) is 4.98 Å². The topological polar surface area (TPSA) is 89.0 Å². The molecule has 2 aromatic rings. The van der Waals surface area contributed by atoms with Crippen molar-refractivity contribution < 1.29 is 24.2 Å². The number of nitrogens with zero attached hydrogens (tertiary/aromatic N) is 2. The van der Waals surface area contributed by atoms with Crippen LogP contribution in [-0.4, -0.2) is 53.7 Å². The molecule has 0 saturated heterocycles. The molecular formula is C17H18N2O5S. The molecule has 0 bridgehead atoms. The second kappa shape index (κ2) is 7.10. The van der Waals surface area contributed by atoms with Crippen LogP contribution in [0.3, 0.4) is 0 Å².